The topological polar surface area (TPSA) is 61.9 Å². The quantitative estimate of drug-likeness (QED) is 0.555. The van der Waals surface area contributed by atoms with Crippen LogP contribution in [0.4, 0.5) is 0 Å². The number of pyridine rings is 1. The molecule has 5 heteroatoms. The second kappa shape index (κ2) is 8.05. The number of nitrogens with one attached hydrogen (secondary N) is 1. The summed E-state index contributed by atoms with van der Waals surface area (Å²) in [7, 11) is 1.84. The Hall–Kier alpha value is -3.47. The molecule has 2 aromatic heterocycles. The number of nitrogens with zero attached hydrogens (tertiary/aromatic N) is 3. The average molecular weight is 370 g/mol. The van der Waals surface area contributed by atoms with Gasteiger partial charge < -0.3 is 9.88 Å². The van der Waals surface area contributed by atoms with Crippen LogP contribution in [-0.2, 0) is 11.2 Å². The van der Waals surface area contributed by atoms with Crippen LogP contribution in [0.15, 0.2) is 79.0 Å². The number of carbonyl (C=O) groups is 1. The van der Waals surface area contributed by atoms with Gasteiger partial charge in [-0.05, 0) is 29.8 Å². The summed E-state index contributed by atoms with van der Waals surface area (Å²) in [6, 6.07) is 23.5. The number of hydrogen-bond acceptors (Lipinski definition) is 3. The second-order valence-electron chi connectivity index (χ2n) is 6.77. The van der Waals surface area contributed by atoms with Crippen LogP contribution in [0.3, 0.4) is 0 Å². The van der Waals surface area contributed by atoms with E-state index in [1.165, 1.54) is 0 Å². The van der Waals surface area contributed by atoms with E-state index >= 15 is 0 Å². The van der Waals surface area contributed by atoms with Gasteiger partial charge in [0.25, 0.3) is 0 Å². The Morgan fingerprint density at radius 2 is 1.75 bits per heavy atom. The van der Waals surface area contributed by atoms with E-state index in [0.29, 0.717) is 12.8 Å². The number of aromatic amines is 1. The van der Waals surface area contributed by atoms with Crippen LogP contribution in [-0.4, -0.2) is 32.8 Å². The molecule has 0 fully saturated rings. The lowest BCUT2D eigenvalue weighted by atomic mass is 10.0. The minimum absolute atomic E-state index is 0.0555. The van der Waals surface area contributed by atoms with Gasteiger partial charge in [0.15, 0.2) is 0 Å². The molecule has 2 aromatic carbocycles. The van der Waals surface area contributed by atoms with E-state index in [0.717, 1.165) is 28.1 Å². The van der Waals surface area contributed by atoms with Crippen LogP contribution in [0.1, 0.15) is 29.5 Å². The number of para-hydroxylation sites is 2. The number of hydrogen-bond donors (Lipinski definition) is 1. The van der Waals surface area contributed by atoms with Crippen molar-refractivity contribution in [3.05, 3.63) is 96.1 Å². The fourth-order valence-corrected chi connectivity index (χ4v) is 3.44. The zero-order valence-electron chi connectivity index (χ0n) is 15.7. The van der Waals surface area contributed by atoms with Crippen molar-refractivity contribution in [2.75, 3.05) is 7.05 Å². The highest BCUT2D eigenvalue weighted by molar-refractivity contribution is 5.78. The van der Waals surface area contributed by atoms with Crippen LogP contribution in [0.25, 0.3) is 11.0 Å². The summed E-state index contributed by atoms with van der Waals surface area (Å²) in [4.78, 5) is 27.1. The first kappa shape index (κ1) is 17.9. The molecule has 0 radical (unpaired) electrons. The summed E-state index contributed by atoms with van der Waals surface area (Å²) in [5.74, 6) is 0.886. The SMILES string of the molecule is CN(C(=O)CCc1nc2ccccc2[nH]1)C(c1ccccc1)c1ccccn1. The van der Waals surface area contributed by atoms with E-state index in [-0.39, 0.29) is 11.9 Å². The first-order valence-electron chi connectivity index (χ1n) is 9.37. The minimum Gasteiger partial charge on any atom is -0.342 e. The lowest BCUT2D eigenvalue weighted by Gasteiger charge is -2.28. The van der Waals surface area contributed by atoms with Gasteiger partial charge in [-0.1, -0.05) is 48.5 Å². The van der Waals surface area contributed by atoms with E-state index < -0.39 is 0 Å². The largest absolute Gasteiger partial charge is 0.342 e. The van der Waals surface area contributed by atoms with Crippen molar-refractivity contribution in [2.24, 2.45) is 0 Å². The third kappa shape index (κ3) is 3.78. The van der Waals surface area contributed by atoms with Crippen LogP contribution in [0.5, 0.6) is 0 Å². The van der Waals surface area contributed by atoms with Crippen LogP contribution in [0, 0.1) is 0 Å². The standard InChI is InChI=1S/C23H22N4O/c1-27(22(28)15-14-21-25-18-11-5-6-12-19(18)26-21)23(17-9-3-2-4-10-17)20-13-7-8-16-24-20/h2-13,16,23H,14-15H2,1H3,(H,25,26). The highest BCUT2D eigenvalue weighted by Crippen LogP contribution is 2.26. The van der Waals surface area contributed by atoms with E-state index in [1.807, 2.05) is 79.8 Å². The van der Waals surface area contributed by atoms with Crippen molar-refractivity contribution < 1.29 is 4.79 Å². The Balaban J connectivity index is 1.52. The maximum Gasteiger partial charge on any atom is 0.223 e. The predicted molar refractivity (Wildman–Crippen MR) is 110 cm³/mol. The molecule has 1 amide bonds. The Morgan fingerprint density at radius 3 is 2.50 bits per heavy atom. The van der Waals surface area contributed by atoms with Crippen LogP contribution >= 0.6 is 0 Å². The molecule has 1 atom stereocenters. The maximum absolute atomic E-state index is 13.0. The number of amides is 1. The summed E-state index contributed by atoms with van der Waals surface area (Å²) in [5, 5.41) is 0. The molecule has 0 saturated heterocycles. The third-order valence-corrected chi connectivity index (χ3v) is 4.88. The number of aryl methyl sites for hydroxylation is 1. The van der Waals surface area contributed by atoms with Gasteiger partial charge in [0, 0.05) is 26.1 Å². The summed E-state index contributed by atoms with van der Waals surface area (Å²) >= 11 is 0. The summed E-state index contributed by atoms with van der Waals surface area (Å²) in [6.45, 7) is 0. The monoisotopic (exact) mass is 370 g/mol. The third-order valence-electron chi connectivity index (χ3n) is 4.88. The molecule has 0 saturated carbocycles. The molecule has 140 valence electrons. The second-order valence-corrected chi connectivity index (χ2v) is 6.77. The zero-order valence-corrected chi connectivity index (χ0v) is 15.7. The predicted octanol–water partition coefficient (Wildman–Crippen LogP) is 4.14. The first-order valence-corrected chi connectivity index (χ1v) is 9.37. The average Bonchev–Trinajstić information content (AvgIpc) is 3.17. The highest BCUT2D eigenvalue weighted by atomic mass is 16.2. The molecule has 0 spiro atoms. The van der Waals surface area contributed by atoms with Gasteiger partial charge in [0.05, 0.1) is 22.8 Å². The van der Waals surface area contributed by atoms with E-state index in [9.17, 15) is 4.79 Å². The normalized spacial score (nSPS) is 12.0. The lowest BCUT2D eigenvalue weighted by molar-refractivity contribution is -0.131. The minimum atomic E-state index is -0.217. The van der Waals surface area contributed by atoms with Crippen molar-refractivity contribution >= 4 is 16.9 Å². The number of H-pyrrole nitrogens is 1. The van der Waals surface area contributed by atoms with Gasteiger partial charge in [0.2, 0.25) is 5.91 Å². The maximum atomic E-state index is 13.0. The smallest absolute Gasteiger partial charge is 0.223 e. The number of benzene rings is 2. The van der Waals surface area contributed by atoms with E-state index in [2.05, 4.69) is 15.0 Å². The van der Waals surface area contributed by atoms with Gasteiger partial charge in [0.1, 0.15) is 5.82 Å². The van der Waals surface area contributed by atoms with Gasteiger partial charge in [-0.3, -0.25) is 9.78 Å². The van der Waals surface area contributed by atoms with Crippen molar-refractivity contribution in [1.82, 2.24) is 19.9 Å². The fraction of sp³-hybridized carbons (Fsp3) is 0.174. The number of fused-ring (bicyclic) bond motifs is 1. The molecule has 4 rings (SSSR count). The Labute approximate surface area is 164 Å². The highest BCUT2D eigenvalue weighted by Gasteiger charge is 2.24. The molecule has 0 aliphatic carbocycles. The van der Waals surface area contributed by atoms with Crippen LogP contribution < -0.4 is 0 Å². The Morgan fingerprint density at radius 1 is 1.00 bits per heavy atom. The molecule has 4 aromatic rings. The fourth-order valence-electron chi connectivity index (χ4n) is 3.44. The van der Waals surface area contributed by atoms with Crippen molar-refractivity contribution in [3.8, 4) is 0 Å². The molecular weight excluding hydrogens is 348 g/mol. The van der Waals surface area contributed by atoms with Crippen molar-refractivity contribution in [2.45, 2.75) is 18.9 Å². The van der Waals surface area contributed by atoms with Crippen molar-refractivity contribution in [3.63, 3.8) is 0 Å². The summed E-state index contributed by atoms with van der Waals surface area (Å²) in [6.07, 6.45) is 2.71. The van der Waals surface area contributed by atoms with Gasteiger partial charge in [-0.25, -0.2) is 4.98 Å². The molecule has 1 unspecified atom stereocenters. The molecule has 0 aliphatic rings. The molecular formula is C23H22N4O. The lowest BCUT2D eigenvalue weighted by Crippen LogP contribution is -2.32. The molecule has 2 heterocycles. The number of aromatic nitrogens is 3. The van der Waals surface area contributed by atoms with E-state index in [4.69, 9.17) is 0 Å². The number of rotatable bonds is 6. The first-order chi connectivity index (χ1) is 13.7. The molecule has 28 heavy (non-hydrogen) atoms. The van der Waals surface area contributed by atoms with Crippen molar-refractivity contribution in [1.29, 1.82) is 0 Å². The molecule has 5 nitrogen and oxygen atoms in total. The molecule has 0 aliphatic heterocycles. The molecule has 0 bridgehead atoms. The summed E-state index contributed by atoms with van der Waals surface area (Å²) in [5.41, 5.74) is 3.82. The summed E-state index contributed by atoms with van der Waals surface area (Å²) < 4.78 is 0. The van der Waals surface area contributed by atoms with Gasteiger partial charge >= 0.3 is 0 Å². The van der Waals surface area contributed by atoms with Gasteiger partial charge in [-0.15, -0.1) is 0 Å². The van der Waals surface area contributed by atoms with Gasteiger partial charge in [-0.2, -0.15) is 0 Å². The number of imidazole rings is 1. The Bertz CT molecular complexity index is 987. The Kier molecular flexibility index (Phi) is 5.15. The van der Waals surface area contributed by atoms with Crippen LogP contribution in [0.2, 0.25) is 0 Å². The molecule has 1 N–H and O–H groups in total. The van der Waals surface area contributed by atoms with E-state index in [1.54, 1.807) is 11.1 Å². The zero-order chi connectivity index (χ0) is 19.3. The number of carbonyl (C=O) groups excluding carboxylic acids is 1.